The van der Waals surface area contributed by atoms with Crippen molar-refractivity contribution in [1.29, 1.82) is 0 Å². The number of carbonyl (C=O) groups is 1. The Morgan fingerprint density at radius 3 is 2.89 bits per heavy atom. The molecule has 3 N–H and O–H groups in total. The molecule has 0 aliphatic carbocycles. The summed E-state index contributed by atoms with van der Waals surface area (Å²) >= 11 is 5.81. The Hall–Kier alpha value is -2.07. The summed E-state index contributed by atoms with van der Waals surface area (Å²) in [5.41, 5.74) is 8.63. The van der Waals surface area contributed by atoms with Crippen LogP contribution in [-0.2, 0) is 6.54 Å². The molecule has 1 aromatic carbocycles. The summed E-state index contributed by atoms with van der Waals surface area (Å²) in [6.45, 7) is 2.41. The number of nitrogen functional groups attached to an aromatic ring is 1. The van der Waals surface area contributed by atoms with Gasteiger partial charge in [0.25, 0.3) is 5.91 Å². The van der Waals surface area contributed by atoms with Gasteiger partial charge in [-0.05, 0) is 42.3 Å². The van der Waals surface area contributed by atoms with Crippen molar-refractivity contribution in [3.05, 3.63) is 58.4 Å². The molecule has 0 spiro atoms. The number of carbonyl (C=O) groups excluding carboxylic acids is 1. The fraction of sp³-hybridized carbons (Fsp3) is 0.143. The van der Waals surface area contributed by atoms with Gasteiger partial charge in [0.1, 0.15) is 0 Å². The molecule has 0 atom stereocenters. The Morgan fingerprint density at radius 1 is 1.42 bits per heavy atom. The minimum Gasteiger partial charge on any atom is -0.398 e. The Balaban J connectivity index is 2.05. The third kappa shape index (κ3) is 3.23. The second-order valence-corrected chi connectivity index (χ2v) is 4.63. The van der Waals surface area contributed by atoms with Crippen molar-refractivity contribution in [3.63, 3.8) is 0 Å². The number of benzene rings is 1. The second kappa shape index (κ2) is 5.71. The summed E-state index contributed by atoms with van der Waals surface area (Å²) in [5.74, 6) is -0.188. The Morgan fingerprint density at radius 2 is 2.21 bits per heavy atom. The molecule has 5 heteroatoms. The van der Waals surface area contributed by atoms with Crippen molar-refractivity contribution in [1.82, 2.24) is 10.3 Å². The van der Waals surface area contributed by atoms with Crippen LogP contribution in [0.1, 0.15) is 21.5 Å². The second-order valence-electron chi connectivity index (χ2n) is 4.22. The Bertz CT molecular complexity index is 613. The van der Waals surface area contributed by atoms with Gasteiger partial charge in [0.05, 0.1) is 10.7 Å². The van der Waals surface area contributed by atoms with Crippen LogP contribution in [0.4, 0.5) is 5.69 Å². The first-order chi connectivity index (χ1) is 9.08. The molecular weight excluding hydrogens is 262 g/mol. The molecule has 4 nitrogen and oxygen atoms in total. The normalized spacial score (nSPS) is 10.2. The highest BCUT2D eigenvalue weighted by Gasteiger charge is 2.08. The molecule has 0 radical (unpaired) electrons. The van der Waals surface area contributed by atoms with Crippen LogP contribution in [0.15, 0.2) is 36.7 Å². The van der Waals surface area contributed by atoms with Gasteiger partial charge in [0.2, 0.25) is 0 Å². The van der Waals surface area contributed by atoms with Crippen molar-refractivity contribution in [2.45, 2.75) is 13.5 Å². The lowest BCUT2D eigenvalue weighted by Crippen LogP contribution is -2.23. The number of amides is 1. The number of aryl methyl sites for hydroxylation is 1. The lowest BCUT2D eigenvalue weighted by atomic mass is 10.1. The summed E-state index contributed by atoms with van der Waals surface area (Å²) in [7, 11) is 0. The third-order valence-electron chi connectivity index (χ3n) is 2.85. The molecule has 0 unspecified atom stereocenters. The summed E-state index contributed by atoms with van der Waals surface area (Å²) in [6.07, 6.45) is 3.46. The predicted octanol–water partition coefficient (Wildman–Crippen LogP) is 2.56. The van der Waals surface area contributed by atoms with Crippen LogP contribution < -0.4 is 11.1 Å². The first-order valence-corrected chi connectivity index (χ1v) is 6.18. The summed E-state index contributed by atoms with van der Waals surface area (Å²) < 4.78 is 0. The van der Waals surface area contributed by atoms with E-state index in [1.165, 1.54) is 0 Å². The zero-order valence-corrected chi connectivity index (χ0v) is 11.2. The number of nitrogens with one attached hydrogen (secondary N) is 1. The quantitative estimate of drug-likeness (QED) is 0.846. The number of rotatable bonds is 3. The average molecular weight is 276 g/mol. The molecule has 1 aromatic heterocycles. The number of nitrogens with zero attached hydrogens (tertiary/aromatic N) is 1. The number of hydrogen-bond donors (Lipinski definition) is 2. The van der Waals surface area contributed by atoms with Crippen LogP contribution >= 0.6 is 11.6 Å². The first-order valence-electron chi connectivity index (χ1n) is 5.80. The molecule has 0 aliphatic heterocycles. The lowest BCUT2D eigenvalue weighted by molar-refractivity contribution is 0.0951. The van der Waals surface area contributed by atoms with Crippen molar-refractivity contribution in [2.24, 2.45) is 0 Å². The Labute approximate surface area is 116 Å². The van der Waals surface area contributed by atoms with E-state index < -0.39 is 0 Å². The zero-order chi connectivity index (χ0) is 13.8. The molecule has 0 bridgehead atoms. The van der Waals surface area contributed by atoms with E-state index >= 15 is 0 Å². The highest BCUT2D eigenvalue weighted by molar-refractivity contribution is 6.33. The zero-order valence-electron chi connectivity index (χ0n) is 10.5. The van der Waals surface area contributed by atoms with E-state index in [9.17, 15) is 4.79 Å². The SMILES string of the molecule is Cc1ccncc1CNC(=O)c1ccc(Cl)c(N)c1. The molecule has 2 aromatic rings. The van der Waals surface area contributed by atoms with Crippen molar-refractivity contribution < 1.29 is 4.79 Å². The number of nitrogens with two attached hydrogens (primary N) is 1. The van der Waals surface area contributed by atoms with Crippen LogP contribution in [0.2, 0.25) is 5.02 Å². The molecule has 0 aliphatic rings. The smallest absolute Gasteiger partial charge is 0.251 e. The van der Waals surface area contributed by atoms with Crippen LogP contribution in [0.25, 0.3) is 0 Å². The largest absolute Gasteiger partial charge is 0.398 e. The van der Waals surface area contributed by atoms with Gasteiger partial charge in [0.15, 0.2) is 0 Å². The van der Waals surface area contributed by atoms with Gasteiger partial charge in [-0.25, -0.2) is 0 Å². The van der Waals surface area contributed by atoms with Crippen LogP contribution in [0, 0.1) is 6.92 Å². The highest BCUT2D eigenvalue weighted by atomic mass is 35.5. The van der Waals surface area contributed by atoms with Gasteiger partial charge in [-0.2, -0.15) is 0 Å². The first kappa shape index (κ1) is 13.4. The number of halogens is 1. The number of aromatic nitrogens is 1. The molecule has 0 saturated heterocycles. The molecule has 1 amide bonds. The van der Waals surface area contributed by atoms with Crippen molar-refractivity contribution >= 4 is 23.2 Å². The fourth-order valence-corrected chi connectivity index (χ4v) is 1.76. The Kier molecular flexibility index (Phi) is 4.02. The maximum Gasteiger partial charge on any atom is 0.251 e. The summed E-state index contributed by atoms with van der Waals surface area (Å²) in [6, 6.07) is 6.72. The van der Waals surface area contributed by atoms with Gasteiger partial charge in [-0.15, -0.1) is 0 Å². The minimum atomic E-state index is -0.188. The molecule has 0 saturated carbocycles. The van der Waals surface area contributed by atoms with Gasteiger partial charge in [-0.1, -0.05) is 11.6 Å². The topological polar surface area (TPSA) is 68.0 Å². The summed E-state index contributed by atoms with van der Waals surface area (Å²) in [5, 5.41) is 3.27. The van der Waals surface area contributed by atoms with Crippen molar-refractivity contribution in [2.75, 3.05) is 5.73 Å². The minimum absolute atomic E-state index is 0.188. The van der Waals surface area contributed by atoms with E-state index in [4.69, 9.17) is 17.3 Å². The number of anilines is 1. The molecule has 19 heavy (non-hydrogen) atoms. The molecule has 1 heterocycles. The van der Waals surface area contributed by atoms with Crippen molar-refractivity contribution in [3.8, 4) is 0 Å². The van der Waals surface area contributed by atoms with Gasteiger partial charge in [0, 0.05) is 24.5 Å². The third-order valence-corrected chi connectivity index (χ3v) is 3.19. The number of pyridine rings is 1. The van der Waals surface area contributed by atoms with Crippen LogP contribution in [0.5, 0.6) is 0 Å². The van der Waals surface area contributed by atoms with Crippen LogP contribution in [0.3, 0.4) is 0 Å². The molecule has 2 rings (SSSR count). The van der Waals surface area contributed by atoms with Gasteiger partial charge in [-0.3, -0.25) is 9.78 Å². The summed E-state index contributed by atoms with van der Waals surface area (Å²) in [4.78, 5) is 16.0. The highest BCUT2D eigenvalue weighted by Crippen LogP contribution is 2.19. The number of hydrogen-bond acceptors (Lipinski definition) is 3. The standard InChI is InChI=1S/C14H14ClN3O/c1-9-4-5-17-7-11(9)8-18-14(19)10-2-3-12(15)13(16)6-10/h2-7H,8,16H2,1H3,(H,18,19). The maximum absolute atomic E-state index is 12.0. The molecular formula is C14H14ClN3O. The average Bonchev–Trinajstić information content (AvgIpc) is 2.40. The van der Waals surface area contributed by atoms with Crippen LogP contribution in [-0.4, -0.2) is 10.9 Å². The van der Waals surface area contributed by atoms with E-state index in [-0.39, 0.29) is 5.91 Å². The fourth-order valence-electron chi connectivity index (χ4n) is 1.64. The van der Waals surface area contributed by atoms with Gasteiger partial charge < -0.3 is 11.1 Å². The van der Waals surface area contributed by atoms with E-state index in [1.807, 2.05) is 13.0 Å². The predicted molar refractivity (Wildman–Crippen MR) is 76.0 cm³/mol. The van der Waals surface area contributed by atoms with E-state index in [2.05, 4.69) is 10.3 Å². The van der Waals surface area contributed by atoms with E-state index in [0.29, 0.717) is 22.8 Å². The van der Waals surface area contributed by atoms with E-state index in [0.717, 1.165) is 11.1 Å². The molecule has 98 valence electrons. The van der Waals surface area contributed by atoms with E-state index in [1.54, 1.807) is 30.6 Å². The molecule has 0 fully saturated rings. The maximum atomic E-state index is 12.0. The van der Waals surface area contributed by atoms with Gasteiger partial charge >= 0.3 is 0 Å². The lowest BCUT2D eigenvalue weighted by Gasteiger charge is -2.08. The monoisotopic (exact) mass is 275 g/mol.